The van der Waals surface area contributed by atoms with E-state index in [1.54, 1.807) is 14.2 Å². The first-order valence-electron chi connectivity index (χ1n) is 8.21. The van der Waals surface area contributed by atoms with Gasteiger partial charge in [-0.15, -0.1) is 0 Å². The topological polar surface area (TPSA) is 53.5 Å². The van der Waals surface area contributed by atoms with Crippen molar-refractivity contribution < 1.29 is 14.2 Å². The van der Waals surface area contributed by atoms with Crippen molar-refractivity contribution in [3.63, 3.8) is 0 Å². The van der Waals surface area contributed by atoms with Gasteiger partial charge in [-0.2, -0.15) is 0 Å². The molecule has 5 nitrogen and oxygen atoms in total. The number of ether oxygens (including phenoxy) is 3. The zero-order valence-electron chi connectivity index (χ0n) is 15.3. The van der Waals surface area contributed by atoms with Gasteiger partial charge in [0.2, 0.25) is 0 Å². The van der Waals surface area contributed by atoms with E-state index in [1.807, 2.05) is 46.8 Å². The standard InChI is InChI=1S/C14H16N2O3.2C2H6/c1-8-10-4-12(17-2)13(18-3)5-11(10)16-14(15-8)9-6-19-7-9;2*1-2/h4-5,9H,6-7H2,1-3H3;2*1-2H3. The summed E-state index contributed by atoms with van der Waals surface area (Å²) in [5, 5.41) is 0.988. The van der Waals surface area contributed by atoms with Gasteiger partial charge in [0, 0.05) is 17.1 Å². The summed E-state index contributed by atoms with van der Waals surface area (Å²) >= 11 is 0. The van der Waals surface area contributed by atoms with E-state index in [0.717, 1.165) is 22.4 Å². The van der Waals surface area contributed by atoms with Gasteiger partial charge in [0.15, 0.2) is 11.5 Å². The second-order valence-corrected chi connectivity index (χ2v) is 4.63. The van der Waals surface area contributed by atoms with E-state index < -0.39 is 0 Å². The summed E-state index contributed by atoms with van der Waals surface area (Å²) in [5.41, 5.74) is 1.83. The van der Waals surface area contributed by atoms with Crippen LogP contribution in [0.25, 0.3) is 10.9 Å². The highest BCUT2D eigenvalue weighted by Gasteiger charge is 2.24. The lowest BCUT2D eigenvalue weighted by Crippen LogP contribution is -2.27. The molecule has 0 spiro atoms. The van der Waals surface area contributed by atoms with Crippen molar-refractivity contribution in [1.29, 1.82) is 0 Å². The van der Waals surface area contributed by atoms with Gasteiger partial charge in [0.1, 0.15) is 5.82 Å². The molecule has 1 aliphatic rings. The van der Waals surface area contributed by atoms with Gasteiger partial charge in [-0.05, 0) is 13.0 Å². The molecule has 0 unspecified atom stereocenters. The van der Waals surface area contributed by atoms with Crippen LogP contribution in [0.4, 0.5) is 0 Å². The van der Waals surface area contributed by atoms with Crippen LogP contribution in [-0.2, 0) is 4.74 Å². The Bertz CT molecular complexity index is 625. The van der Waals surface area contributed by atoms with Gasteiger partial charge in [-0.1, -0.05) is 27.7 Å². The summed E-state index contributed by atoms with van der Waals surface area (Å²) in [6.45, 7) is 11.4. The summed E-state index contributed by atoms with van der Waals surface area (Å²) in [7, 11) is 3.25. The summed E-state index contributed by atoms with van der Waals surface area (Å²) in [6.07, 6.45) is 0. The fourth-order valence-electron chi connectivity index (χ4n) is 2.20. The fourth-order valence-corrected chi connectivity index (χ4v) is 2.20. The average Bonchev–Trinajstić information content (AvgIpc) is 2.56. The lowest BCUT2D eigenvalue weighted by atomic mass is 10.1. The van der Waals surface area contributed by atoms with Crippen molar-refractivity contribution in [3.8, 4) is 11.5 Å². The van der Waals surface area contributed by atoms with Crippen LogP contribution in [0.15, 0.2) is 12.1 Å². The molecule has 0 N–H and O–H groups in total. The first kappa shape index (κ1) is 19.2. The molecule has 0 saturated carbocycles. The number of hydrogen-bond acceptors (Lipinski definition) is 5. The lowest BCUT2D eigenvalue weighted by Gasteiger charge is -2.25. The highest BCUT2D eigenvalue weighted by Crippen LogP contribution is 2.33. The number of hydrogen-bond donors (Lipinski definition) is 0. The van der Waals surface area contributed by atoms with Crippen molar-refractivity contribution in [1.82, 2.24) is 9.97 Å². The zero-order chi connectivity index (χ0) is 17.4. The van der Waals surface area contributed by atoms with Crippen LogP contribution in [0.2, 0.25) is 0 Å². The number of aryl methyl sites for hydroxylation is 1. The van der Waals surface area contributed by atoms with E-state index >= 15 is 0 Å². The van der Waals surface area contributed by atoms with Gasteiger partial charge < -0.3 is 14.2 Å². The smallest absolute Gasteiger partial charge is 0.162 e. The van der Waals surface area contributed by atoms with E-state index in [0.29, 0.717) is 30.6 Å². The quantitative estimate of drug-likeness (QED) is 0.851. The molecule has 1 aromatic heterocycles. The van der Waals surface area contributed by atoms with Crippen LogP contribution < -0.4 is 9.47 Å². The van der Waals surface area contributed by atoms with Crippen LogP contribution in [0.1, 0.15) is 45.1 Å². The molecule has 0 atom stereocenters. The first-order chi connectivity index (χ1) is 11.2. The molecule has 1 fully saturated rings. The maximum absolute atomic E-state index is 5.31. The summed E-state index contributed by atoms with van der Waals surface area (Å²) in [6, 6.07) is 3.82. The van der Waals surface area contributed by atoms with Gasteiger partial charge in [-0.3, -0.25) is 0 Å². The highest BCUT2D eigenvalue weighted by molar-refractivity contribution is 5.84. The fraction of sp³-hybridized carbons (Fsp3) is 0.556. The largest absolute Gasteiger partial charge is 0.493 e. The monoisotopic (exact) mass is 320 g/mol. The van der Waals surface area contributed by atoms with Gasteiger partial charge in [0.25, 0.3) is 0 Å². The molecule has 0 radical (unpaired) electrons. The molecule has 0 bridgehead atoms. The molecule has 0 amide bonds. The normalized spacial score (nSPS) is 13.2. The van der Waals surface area contributed by atoms with Crippen LogP contribution in [0.5, 0.6) is 11.5 Å². The molecule has 128 valence electrons. The molecule has 23 heavy (non-hydrogen) atoms. The molecular weight excluding hydrogens is 292 g/mol. The summed E-state index contributed by atoms with van der Waals surface area (Å²) < 4.78 is 15.8. The Labute approximate surface area is 139 Å². The Balaban J connectivity index is 0.000000615. The molecule has 1 aliphatic heterocycles. The molecule has 1 saturated heterocycles. The van der Waals surface area contributed by atoms with Crippen LogP contribution in [0.3, 0.4) is 0 Å². The Morgan fingerprint density at radius 2 is 1.52 bits per heavy atom. The van der Waals surface area contributed by atoms with E-state index in [4.69, 9.17) is 14.2 Å². The number of benzene rings is 1. The van der Waals surface area contributed by atoms with E-state index in [1.165, 1.54) is 0 Å². The molecule has 5 heteroatoms. The molecule has 3 rings (SSSR count). The van der Waals surface area contributed by atoms with Crippen LogP contribution in [0, 0.1) is 6.92 Å². The number of rotatable bonds is 3. The maximum atomic E-state index is 5.31. The van der Waals surface area contributed by atoms with Crippen molar-refractivity contribution in [2.24, 2.45) is 0 Å². The second kappa shape index (κ2) is 9.30. The highest BCUT2D eigenvalue weighted by atomic mass is 16.5. The number of fused-ring (bicyclic) bond motifs is 1. The lowest BCUT2D eigenvalue weighted by molar-refractivity contribution is 0.00494. The minimum absolute atomic E-state index is 0.316. The minimum atomic E-state index is 0.316. The third-order valence-corrected chi connectivity index (χ3v) is 3.41. The first-order valence-corrected chi connectivity index (χ1v) is 8.21. The maximum Gasteiger partial charge on any atom is 0.162 e. The number of methoxy groups -OCH3 is 2. The van der Waals surface area contributed by atoms with Crippen molar-refractivity contribution in [2.45, 2.75) is 40.5 Å². The van der Waals surface area contributed by atoms with E-state index in [2.05, 4.69) is 9.97 Å². The Morgan fingerprint density at radius 3 is 2.00 bits per heavy atom. The predicted molar refractivity (Wildman–Crippen MR) is 93.6 cm³/mol. The van der Waals surface area contributed by atoms with Crippen molar-refractivity contribution in [2.75, 3.05) is 27.4 Å². The van der Waals surface area contributed by atoms with Gasteiger partial charge in [0.05, 0.1) is 38.9 Å². The summed E-state index contributed by atoms with van der Waals surface area (Å²) in [4.78, 5) is 9.18. The average molecular weight is 320 g/mol. The summed E-state index contributed by atoms with van der Waals surface area (Å²) in [5.74, 6) is 2.55. The van der Waals surface area contributed by atoms with E-state index in [9.17, 15) is 0 Å². The van der Waals surface area contributed by atoms with Crippen LogP contribution >= 0.6 is 0 Å². The SMILES string of the molecule is CC.CC.COc1cc2nc(C3COC3)nc(C)c2cc1OC. The molecule has 0 aliphatic carbocycles. The molecule has 2 heterocycles. The zero-order valence-corrected chi connectivity index (χ0v) is 15.3. The third-order valence-electron chi connectivity index (χ3n) is 3.41. The Kier molecular flexibility index (Phi) is 7.75. The van der Waals surface area contributed by atoms with Gasteiger partial charge in [-0.25, -0.2) is 9.97 Å². The van der Waals surface area contributed by atoms with Crippen molar-refractivity contribution >= 4 is 10.9 Å². The minimum Gasteiger partial charge on any atom is -0.493 e. The Hall–Kier alpha value is -1.88. The number of aromatic nitrogens is 2. The third kappa shape index (κ3) is 4.10. The Morgan fingerprint density at radius 1 is 0.957 bits per heavy atom. The van der Waals surface area contributed by atoms with Crippen LogP contribution in [-0.4, -0.2) is 37.4 Å². The molecular formula is C18H28N2O3. The molecule has 2 aromatic rings. The van der Waals surface area contributed by atoms with E-state index in [-0.39, 0.29) is 0 Å². The number of nitrogens with zero attached hydrogens (tertiary/aromatic N) is 2. The van der Waals surface area contributed by atoms with Gasteiger partial charge >= 0.3 is 0 Å². The predicted octanol–water partition coefficient (Wildman–Crippen LogP) is 4.12. The van der Waals surface area contributed by atoms with Crippen molar-refractivity contribution in [3.05, 3.63) is 23.7 Å². The second-order valence-electron chi connectivity index (χ2n) is 4.63. The molecule has 1 aromatic carbocycles.